The zero-order chi connectivity index (χ0) is 73.3. The topological polar surface area (TPSA) is 209 Å². The highest BCUT2D eigenvalue weighted by atomic mass is 79.9. The third-order valence-electron chi connectivity index (χ3n) is 17.5. The number of carbonyl (C=O) groups excluding carboxylic acids is 3. The molecule has 0 aliphatic carbocycles. The standard InChI is InChI=1S/C34H39BF2N2O6.C33H28F5N3O4.C6H3BrF3N/c1-20(21-11-8-7-9-12-21)38-23-18-26(36)29(27(37)19-23)31(40)39-28(32(41)42-6)17-22-14-15-25(30-24(22)13-10-16-43-30)35-44-33(2,3)34(4,5)45-35;1-18(19-7-3-2-4-8-19)40-21-16-25(34)28(26(35)17-21)31(42)41-27(32(43)44)15-20-11-12-23(30-22(20)9-6-14-45-30)29-24(33(36,37)38)10-5-13-39-29;7-5-4(6(8,9)10)2-1-3-11-5/h7-9,11-12,14-15,18-20,28,38H,10,13,16-17H2,1-6H3,(H,39,40);2-5,7-8,10-13,16-18,27,40H,6,9,14-15H2,1H3,(H,41,42)(H,43,44);1-3H/t20-,28-;18-,27-;/m00./s1. The monoisotopic (exact) mass is 1470 g/mol. The molecule has 16 nitrogen and oxygen atoms in total. The van der Waals surface area contributed by atoms with Gasteiger partial charge in [0.25, 0.3) is 11.8 Å². The normalized spacial score (nSPS) is 15.5. The molecule has 3 aliphatic heterocycles. The smallest absolute Gasteiger partial charge is 0.494 e. The fourth-order valence-electron chi connectivity index (χ4n) is 11.6. The van der Waals surface area contributed by atoms with Crippen LogP contribution < -0.4 is 36.2 Å². The van der Waals surface area contributed by atoms with Gasteiger partial charge < -0.3 is 49.9 Å². The number of carboxylic acids is 1. The van der Waals surface area contributed by atoms with Gasteiger partial charge in [-0.25, -0.2) is 32.1 Å². The lowest BCUT2D eigenvalue weighted by atomic mass is 9.75. The van der Waals surface area contributed by atoms with Crippen molar-refractivity contribution in [2.75, 3.05) is 31.0 Å². The summed E-state index contributed by atoms with van der Waals surface area (Å²) >= 11 is 2.70. The SMILES string of the molecule is COC(=O)[C@H](Cc1ccc(B2OC(C)(C)C(C)(C)O2)c2c1CCCO2)NC(=O)c1c(F)cc(N[C@@H](C)c2ccccc2)cc1F.C[C@H](Nc1cc(F)c(C(=O)N[C@@H](Cc2ccc(-c3ncccc3C(F)(F)F)c3c2CCCO3)C(=O)O)c(F)c1)c1ccccc1.FC(F)(F)c1cccnc1Br. The molecule has 0 bridgehead atoms. The van der Waals surface area contributed by atoms with E-state index in [9.17, 15) is 50.6 Å². The molecule has 0 radical (unpaired) electrons. The molecular formula is C73H70BBrF10N6O10. The van der Waals surface area contributed by atoms with Crippen molar-refractivity contribution in [3.8, 4) is 22.8 Å². The fourth-order valence-corrected chi connectivity index (χ4v) is 12.1. The van der Waals surface area contributed by atoms with Gasteiger partial charge in [0.05, 0.1) is 48.3 Å². The van der Waals surface area contributed by atoms with Crippen LogP contribution in [0.2, 0.25) is 0 Å². The Labute approximate surface area is 584 Å². The first kappa shape index (κ1) is 75.7. The molecule has 3 aliphatic rings. The molecule has 2 amide bonds. The van der Waals surface area contributed by atoms with Gasteiger partial charge in [-0.3, -0.25) is 14.6 Å². The highest BCUT2D eigenvalue weighted by Crippen LogP contribution is 2.44. The number of pyridine rings is 2. The lowest BCUT2D eigenvalue weighted by Crippen LogP contribution is -2.44. The summed E-state index contributed by atoms with van der Waals surface area (Å²) < 4.78 is 167. The number of anilines is 2. The maximum Gasteiger partial charge on any atom is 0.498 e. The lowest BCUT2D eigenvalue weighted by molar-refractivity contribution is -0.143. The second kappa shape index (κ2) is 32.0. The number of alkyl halides is 6. The van der Waals surface area contributed by atoms with Gasteiger partial charge in [-0.2, -0.15) is 26.3 Å². The van der Waals surface area contributed by atoms with E-state index >= 15 is 17.6 Å². The van der Waals surface area contributed by atoms with Gasteiger partial charge in [0.2, 0.25) is 0 Å². The number of hydrogen-bond donors (Lipinski definition) is 5. The number of nitrogens with one attached hydrogen (secondary N) is 4. The number of fused-ring (bicyclic) bond motifs is 2. The van der Waals surface area contributed by atoms with Crippen molar-refractivity contribution in [3.05, 3.63) is 229 Å². The number of rotatable bonds is 18. The van der Waals surface area contributed by atoms with Crippen molar-refractivity contribution < 1.29 is 91.7 Å². The van der Waals surface area contributed by atoms with Crippen LogP contribution in [0.5, 0.6) is 11.5 Å². The number of nitrogens with zero attached hydrogens (tertiary/aromatic N) is 2. The molecule has 532 valence electrons. The number of carboxylic acid groups (broad SMARTS) is 1. The predicted molar refractivity (Wildman–Crippen MR) is 361 cm³/mol. The highest BCUT2D eigenvalue weighted by Gasteiger charge is 2.53. The average molecular weight is 1470 g/mol. The molecule has 2 aromatic heterocycles. The number of ether oxygens (including phenoxy) is 3. The number of amides is 2. The van der Waals surface area contributed by atoms with E-state index in [4.69, 9.17) is 23.5 Å². The molecule has 0 unspecified atom stereocenters. The summed E-state index contributed by atoms with van der Waals surface area (Å²) in [5.74, 6) is -8.30. The zero-order valence-corrected chi connectivity index (χ0v) is 57.2. The minimum absolute atomic E-state index is 0.0191. The molecule has 0 spiro atoms. The van der Waals surface area contributed by atoms with Crippen molar-refractivity contribution in [2.24, 2.45) is 0 Å². The minimum Gasteiger partial charge on any atom is -0.494 e. The molecule has 0 saturated carbocycles. The van der Waals surface area contributed by atoms with E-state index in [-0.39, 0.29) is 64.5 Å². The zero-order valence-electron chi connectivity index (χ0n) is 55.6. The molecule has 101 heavy (non-hydrogen) atoms. The van der Waals surface area contributed by atoms with Crippen LogP contribution in [-0.2, 0) is 61.7 Å². The van der Waals surface area contributed by atoms with Gasteiger partial charge in [0.15, 0.2) is 0 Å². The van der Waals surface area contributed by atoms with Gasteiger partial charge >= 0.3 is 31.4 Å². The van der Waals surface area contributed by atoms with E-state index in [2.05, 4.69) is 47.2 Å². The summed E-state index contributed by atoms with van der Waals surface area (Å²) in [6.45, 7) is 12.3. The number of esters is 1. The molecular weight excluding hydrogens is 1400 g/mol. The van der Waals surface area contributed by atoms with Crippen molar-refractivity contribution in [2.45, 2.75) is 128 Å². The quantitative estimate of drug-likeness (QED) is 0.0234. The Balaban J connectivity index is 0.000000204. The molecule has 5 N–H and O–H groups in total. The third-order valence-corrected chi connectivity index (χ3v) is 18.1. The molecule has 11 rings (SSSR count). The number of aromatic nitrogens is 2. The first-order valence-electron chi connectivity index (χ1n) is 31.9. The van der Waals surface area contributed by atoms with Crippen LogP contribution in [-0.4, -0.2) is 89.6 Å². The summed E-state index contributed by atoms with van der Waals surface area (Å²) in [6, 6.07) is 30.0. The van der Waals surface area contributed by atoms with E-state index in [0.717, 1.165) is 70.5 Å². The van der Waals surface area contributed by atoms with E-state index in [1.165, 1.54) is 43.8 Å². The number of aliphatic carboxylic acids is 1. The van der Waals surface area contributed by atoms with Crippen LogP contribution in [0, 0.1) is 23.3 Å². The van der Waals surface area contributed by atoms with Crippen molar-refractivity contribution >= 4 is 63.6 Å². The Morgan fingerprint density at radius 1 is 0.594 bits per heavy atom. The molecule has 4 atom stereocenters. The maximum atomic E-state index is 15.2. The fraction of sp³-hybridized carbons (Fsp3) is 0.315. The Morgan fingerprint density at radius 3 is 1.49 bits per heavy atom. The summed E-state index contributed by atoms with van der Waals surface area (Å²) in [7, 11) is 0.544. The van der Waals surface area contributed by atoms with E-state index in [0.29, 0.717) is 42.7 Å². The van der Waals surface area contributed by atoms with Crippen LogP contribution in [0.15, 0.2) is 150 Å². The molecule has 6 aromatic carbocycles. The highest BCUT2D eigenvalue weighted by molar-refractivity contribution is 9.10. The molecule has 1 saturated heterocycles. The largest absolute Gasteiger partial charge is 0.498 e. The second-order valence-electron chi connectivity index (χ2n) is 24.9. The number of hydrogen-bond acceptors (Lipinski definition) is 13. The third kappa shape index (κ3) is 18.2. The predicted octanol–water partition coefficient (Wildman–Crippen LogP) is 15.1. The second-order valence-corrected chi connectivity index (χ2v) is 25.7. The first-order valence-corrected chi connectivity index (χ1v) is 32.7. The molecule has 1 fully saturated rings. The molecule has 5 heterocycles. The van der Waals surface area contributed by atoms with Gasteiger partial charge in [0.1, 0.15) is 62.6 Å². The van der Waals surface area contributed by atoms with Crippen LogP contribution in [0.25, 0.3) is 11.3 Å². The number of methoxy groups -OCH3 is 1. The van der Waals surface area contributed by atoms with Gasteiger partial charge in [-0.05, 0) is 171 Å². The van der Waals surface area contributed by atoms with Gasteiger partial charge in [-0.15, -0.1) is 0 Å². The maximum absolute atomic E-state index is 15.2. The van der Waals surface area contributed by atoms with Gasteiger partial charge in [-0.1, -0.05) is 78.9 Å². The first-order chi connectivity index (χ1) is 47.8. The van der Waals surface area contributed by atoms with E-state index in [1.54, 1.807) is 6.92 Å². The van der Waals surface area contributed by atoms with Crippen LogP contribution in [0.1, 0.15) is 132 Å². The van der Waals surface area contributed by atoms with Crippen LogP contribution in [0.4, 0.5) is 55.3 Å². The van der Waals surface area contributed by atoms with Crippen LogP contribution >= 0.6 is 15.9 Å². The average Bonchev–Trinajstić information content (AvgIpc) is 1.68. The Bertz CT molecular complexity index is 4260. The van der Waals surface area contributed by atoms with Crippen molar-refractivity contribution in [3.63, 3.8) is 0 Å². The summed E-state index contributed by atoms with van der Waals surface area (Å²) in [5.41, 5.74) is 0.478. The molecule has 28 heteroatoms. The minimum atomic E-state index is -4.68. The Hall–Kier alpha value is -9.54. The van der Waals surface area contributed by atoms with Crippen LogP contribution in [0.3, 0.4) is 0 Å². The molecule has 8 aromatic rings. The van der Waals surface area contributed by atoms with Crippen molar-refractivity contribution in [1.82, 2.24) is 20.6 Å². The summed E-state index contributed by atoms with van der Waals surface area (Å²) in [4.78, 5) is 58.6. The lowest BCUT2D eigenvalue weighted by Gasteiger charge is -2.32. The number of benzene rings is 6. The number of halogens is 11. The van der Waals surface area contributed by atoms with E-state index < -0.39 is 112 Å². The number of carbonyl (C=O) groups is 4. The Morgan fingerprint density at radius 2 is 1.03 bits per heavy atom. The van der Waals surface area contributed by atoms with E-state index in [1.807, 2.05) is 107 Å². The van der Waals surface area contributed by atoms with Crippen molar-refractivity contribution in [1.29, 1.82) is 0 Å². The van der Waals surface area contributed by atoms with Gasteiger partial charge in [0, 0.05) is 59.7 Å². The summed E-state index contributed by atoms with van der Waals surface area (Å²) in [6.07, 6.45) is -4.49. The Kier molecular flexibility index (Phi) is 24.0. The summed E-state index contributed by atoms with van der Waals surface area (Å²) in [5, 5.41) is 20.6.